The van der Waals surface area contributed by atoms with Crippen LogP contribution >= 0.6 is 0 Å². The average Bonchev–Trinajstić information content (AvgIpc) is 2.66. The molecule has 0 radical (unpaired) electrons. The molecule has 0 aliphatic rings. The van der Waals surface area contributed by atoms with Gasteiger partial charge in [0.1, 0.15) is 6.04 Å². The van der Waals surface area contributed by atoms with Gasteiger partial charge in [0.2, 0.25) is 0 Å². The van der Waals surface area contributed by atoms with Crippen LogP contribution in [-0.4, -0.2) is 25.0 Å². The van der Waals surface area contributed by atoms with Crippen LogP contribution in [-0.2, 0) is 22.1 Å². The van der Waals surface area contributed by atoms with Crippen LogP contribution in [0.2, 0.25) is 0 Å². The summed E-state index contributed by atoms with van der Waals surface area (Å²) in [5.41, 5.74) is -0.519. The van der Waals surface area contributed by atoms with Crippen LogP contribution < -0.4 is 5.32 Å². The quantitative estimate of drug-likeness (QED) is 0.814. The first kappa shape index (κ1) is 20.0. The Hall–Kier alpha value is -3.34. The minimum atomic E-state index is -4.59. The fraction of sp³-hybridized carbons (Fsp3) is 0.211. The molecule has 2 rings (SSSR count). The molecule has 0 spiro atoms. The number of rotatable bonds is 5. The van der Waals surface area contributed by atoms with Gasteiger partial charge in [0.15, 0.2) is 0 Å². The van der Waals surface area contributed by atoms with Crippen molar-refractivity contribution in [1.29, 1.82) is 5.26 Å². The maximum absolute atomic E-state index is 13.2. The van der Waals surface area contributed by atoms with E-state index in [1.807, 2.05) is 6.07 Å². The number of nitrogens with zero attached hydrogens (tertiary/aromatic N) is 1. The third-order valence-corrected chi connectivity index (χ3v) is 3.81. The summed E-state index contributed by atoms with van der Waals surface area (Å²) >= 11 is 0. The number of nitriles is 1. The SMILES string of the molecule is COC(=O)[C@H](Cc1ccccc1C(F)(F)F)NC(=O)c1ccc(C#N)cc1. The Morgan fingerprint density at radius 2 is 1.78 bits per heavy atom. The molecule has 8 heteroatoms. The van der Waals surface area contributed by atoms with Crippen LogP contribution in [0.3, 0.4) is 0 Å². The standard InChI is InChI=1S/C19H15F3N2O3/c1-27-18(26)16(10-14-4-2-3-5-15(14)19(20,21)22)24-17(25)13-8-6-12(11-23)7-9-13/h2-9,16H,10H2,1H3,(H,24,25)/t16-/m0/s1. The van der Waals surface area contributed by atoms with Gasteiger partial charge in [-0.25, -0.2) is 4.79 Å². The molecule has 0 aromatic heterocycles. The van der Waals surface area contributed by atoms with Crippen molar-refractivity contribution < 1.29 is 27.5 Å². The summed E-state index contributed by atoms with van der Waals surface area (Å²) in [5.74, 6) is -1.53. The highest BCUT2D eigenvalue weighted by atomic mass is 19.4. The Morgan fingerprint density at radius 1 is 1.15 bits per heavy atom. The van der Waals surface area contributed by atoms with Crippen molar-refractivity contribution in [3.63, 3.8) is 0 Å². The van der Waals surface area contributed by atoms with Crippen molar-refractivity contribution in [2.45, 2.75) is 18.6 Å². The molecular weight excluding hydrogens is 361 g/mol. The van der Waals surface area contributed by atoms with Crippen LogP contribution in [0.1, 0.15) is 27.0 Å². The van der Waals surface area contributed by atoms with Gasteiger partial charge < -0.3 is 10.1 Å². The molecule has 1 atom stereocenters. The average molecular weight is 376 g/mol. The van der Waals surface area contributed by atoms with Crippen molar-refractivity contribution in [2.75, 3.05) is 7.11 Å². The zero-order valence-corrected chi connectivity index (χ0v) is 14.2. The highest BCUT2D eigenvalue weighted by molar-refractivity contribution is 5.96. The number of methoxy groups -OCH3 is 1. The molecule has 0 saturated carbocycles. The summed E-state index contributed by atoms with van der Waals surface area (Å²) in [6.07, 6.45) is -4.97. The molecule has 0 aliphatic heterocycles. The van der Waals surface area contributed by atoms with Gasteiger partial charge in [0, 0.05) is 12.0 Å². The van der Waals surface area contributed by atoms with Crippen molar-refractivity contribution in [1.82, 2.24) is 5.32 Å². The number of nitrogens with one attached hydrogen (secondary N) is 1. The Bertz CT molecular complexity index is 871. The highest BCUT2D eigenvalue weighted by Gasteiger charge is 2.34. The van der Waals surface area contributed by atoms with Gasteiger partial charge in [-0.15, -0.1) is 0 Å². The van der Waals surface area contributed by atoms with E-state index in [4.69, 9.17) is 5.26 Å². The first-order valence-electron chi connectivity index (χ1n) is 7.80. The summed E-state index contributed by atoms with van der Waals surface area (Å²) in [6, 6.07) is 11.0. The summed E-state index contributed by atoms with van der Waals surface area (Å²) in [7, 11) is 1.08. The minimum absolute atomic E-state index is 0.138. The number of ether oxygens (including phenoxy) is 1. The number of carbonyl (C=O) groups excluding carboxylic acids is 2. The molecule has 0 fully saturated rings. The Labute approximate surface area is 153 Å². The van der Waals surface area contributed by atoms with E-state index in [9.17, 15) is 22.8 Å². The molecule has 0 unspecified atom stereocenters. The topological polar surface area (TPSA) is 79.2 Å². The molecule has 27 heavy (non-hydrogen) atoms. The van der Waals surface area contributed by atoms with Gasteiger partial charge in [-0.1, -0.05) is 18.2 Å². The third-order valence-electron chi connectivity index (χ3n) is 3.81. The molecule has 5 nitrogen and oxygen atoms in total. The molecule has 0 saturated heterocycles. The lowest BCUT2D eigenvalue weighted by atomic mass is 9.99. The number of amides is 1. The zero-order chi connectivity index (χ0) is 20.0. The molecule has 0 bridgehead atoms. The van der Waals surface area contributed by atoms with Gasteiger partial charge in [0.05, 0.1) is 24.3 Å². The molecule has 2 aromatic rings. The van der Waals surface area contributed by atoms with E-state index in [1.165, 1.54) is 42.5 Å². The number of esters is 1. The van der Waals surface area contributed by atoms with Crippen LogP contribution in [0.15, 0.2) is 48.5 Å². The summed E-state index contributed by atoms with van der Waals surface area (Å²) in [6.45, 7) is 0. The molecule has 2 aromatic carbocycles. The van der Waals surface area contributed by atoms with E-state index in [2.05, 4.69) is 10.1 Å². The third kappa shape index (κ3) is 5.07. The second-order valence-electron chi connectivity index (χ2n) is 5.60. The van der Waals surface area contributed by atoms with Gasteiger partial charge in [-0.2, -0.15) is 18.4 Å². The fourth-order valence-corrected chi connectivity index (χ4v) is 2.47. The monoisotopic (exact) mass is 376 g/mol. The van der Waals surface area contributed by atoms with Crippen molar-refractivity contribution in [3.8, 4) is 6.07 Å². The number of halogens is 3. The number of hydrogen-bond donors (Lipinski definition) is 1. The van der Waals surface area contributed by atoms with E-state index >= 15 is 0 Å². The lowest BCUT2D eigenvalue weighted by Crippen LogP contribution is -2.43. The van der Waals surface area contributed by atoms with Gasteiger partial charge >= 0.3 is 12.1 Å². The van der Waals surface area contributed by atoms with Crippen molar-refractivity contribution in [3.05, 3.63) is 70.8 Å². The predicted molar refractivity (Wildman–Crippen MR) is 89.6 cm³/mol. The first-order chi connectivity index (χ1) is 12.8. The van der Waals surface area contributed by atoms with E-state index in [1.54, 1.807) is 0 Å². The fourth-order valence-electron chi connectivity index (χ4n) is 2.47. The highest BCUT2D eigenvalue weighted by Crippen LogP contribution is 2.32. The lowest BCUT2D eigenvalue weighted by molar-refractivity contribution is -0.144. The largest absolute Gasteiger partial charge is 0.467 e. The van der Waals surface area contributed by atoms with Crippen molar-refractivity contribution >= 4 is 11.9 Å². The molecule has 1 amide bonds. The van der Waals surface area contributed by atoms with Gasteiger partial charge in [-0.3, -0.25) is 4.79 Å². The van der Waals surface area contributed by atoms with E-state index in [-0.39, 0.29) is 17.5 Å². The smallest absolute Gasteiger partial charge is 0.416 e. The normalized spacial score (nSPS) is 12.0. The molecule has 0 heterocycles. The number of carbonyl (C=O) groups is 2. The van der Waals surface area contributed by atoms with Crippen LogP contribution in [0.5, 0.6) is 0 Å². The van der Waals surface area contributed by atoms with E-state index < -0.39 is 29.7 Å². The second kappa shape index (κ2) is 8.36. The Morgan fingerprint density at radius 3 is 2.33 bits per heavy atom. The molecule has 140 valence electrons. The van der Waals surface area contributed by atoms with Crippen LogP contribution in [0.4, 0.5) is 13.2 Å². The summed E-state index contributed by atoms with van der Waals surface area (Å²) in [5, 5.41) is 11.2. The summed E-state index contributed by atoms with van der Waals surface area (Å²) in [4.78, 5) is 24.3. The first-order valence-corrected chi connectivity index (χ1v) is 7.80. The van der Waals surface area contributed by atoms with E-state index in [0.717, 1.165) is 13.2 Å². The number of benzene rings is 2. The van der Waals surface area contributed by atoms with E-state index in [0.29, 0.717) is 5.56 Å². The van der Waals surface area contributed by atoms with Gasteiger partial charge in [-0.05, 0) is 35.9 Å². The lowest BCUT2D eigenvalue weighted by Gasteiger charge is -2.19. The maximum Gasteiger partial charge on any atom is 0.416 e. The predicted octanol–water partition coefficient (Wildman–Crippen LogP) is 3.09. The Balaban J connectivity index is 2.25. The minimum Gasteiger partial charge on any atom is -0.467 e. The maximum atomic E-state index is 13.2. The second-order valence-corrected chi connectivity index (χ2v) is 5.60. The van der Waals surface area contributed by atoms with Crippen LogP contribution in [0, 0.1) is 11.3 Å². The molecule has 1 N–H and O–H groups in total. The molecule has 0 aliphatic carbocycles. The van der Waals surface area contributed by atoms with Crippen molar-refractivity contribution in [2.24, 2.45) is 0 Å². The van der Waals surface area contributed by atoms with Gasteiger partial charge in [0.25, 0.3) is 5.91 Å². The van der Waals surface area contributed by atoms with Crippen LogP contribution in [0.25, 0.3) is 0 Å². The number of hydrogen-bond acceptors (Lipinski definition) is 4. The summed E-state index contributed by atoms with van der Waals surface area (Å²) < 4.78 is 44.1. The number of alkyl halides is 3. The zero-order valence-electron chi connectivity index (χ0n) is 14.2. The Kier molecular flexibility index (Phi) is 6.19. The molecular formula is C19H15F3N2O3.